The van der Waals surface area contributed by atoms with E-state index in [9.17, 15) is 0 Å². The second kappa shape index (κ2) is 9.42. The van der Waals surface area contributed by atoms with Crippen molar-refractivity contribution in [1.29, 1.82) is 0 Å². The summed E-state index contributed by atoms with van der Waals surface area (Å²) in [6, 6.07) is 10.1. The minimum atomic E-state index is 0. The van der Waals surface area contributed by atoms with E-state index in [1.54, 1.807) is 6.08 Å². The van der Waals surface area contributed by atoms with Crippen LogP contribution >= 0.6 is 0 Å². The average molecular weight is 346 g/mol. The molecule has 21 heavy (non-hydrogen) atoms. The number of rotatable bonds is 2. The van der Waals surface area contributed by atoms with Gasteiger partial charge in [0.15, 0.2) is 0 Å². The number of hydrogen-bond donors (Lipinski definition) is 0. The third kappa shape index (κ3) is 5.78. The lowest BCUT2D eigenvalue weighted by atomic mass is 10.2. The summed E-state index contributed by atoms with van der Waals surface area (Å²) in [4.78, 5) is 0. The maximum absolute atomic E-state index is 5.46. The molecule has 0 spiro atoms. The van der Waals surface area contributed by atoms with Crippen LogP contribution in [0.25, 0.3) is 0 Å². The van der Waals surface area contributed by atoms with Crippen molar-refractivity contribution in [3.63, 3.8) is 0 Å². The van der Waals surface area contributed by atoms with Crippen LogP contribution in [-0.2, 0) is 4.74 Å². The number of halogens is 1. The summed E-state index contributed by atoms with van der Waals surface area (Å²) in [5.41, 5.74) is 1.07. The summed E-state index contributed by atoms with van der Waals surface area (Å²) >= 11 is 0. The number of allylic oxidation sites excluding steroid dienone is 1. The largest absolute Gasteiger partial charge is 1.00 e. The molecule has 0 aliphatic carbocycles. The van der Waals surface area contributed by atoms with Gasteiger partial charge in [-0.1, -0.05) is 36.6 Å². The van der Waals surface area contributed by atoms with Gasteiger partial charge in [0.2, 0.25) is 0 Å². The van der Waals surface area contributed by atoms with Crippen molar-refractivity contribution >= 4 is 0 Å². The van der Waals surface area contributed by atoms with Crippen LogP contribution in [0.15, 0.2) is 43.0 Å². The van der Waals surface area contributed by atoms with Crippen LogP contribution in [0.3, 0.4) is 0 Å². The zero-order valence-electron chi connectivity index (χ0n) is 12.1. The van der Waals surface area contributed by atoms with E-state index in [1.807, 2.05) is 30.3 Å². The highest BCUT2D eigenvalue weighted by molar-refractivity contribution is 5.33. The van der Waals surface area contributed by atoms with Gasteiger partial charge in [-0.15, -0.1) is 0 Å². The Hall–Kier alpha value is -1.52. The molecule has 1 aromatic rings. The lowest BCUT2D eigenvalue weighted by Gasteiger charge is -2.38. The number of nitrogens with zero attached hydrogens (tertiary/aromatic N) is 1. The number of morpholine rings is 1. The molecular weight excluding hydrogens is 326 g/mol. The Bertz CT molecular complexity index is 554. The van der Waals surface area contributed by atoms with Crippen LogP contribution in [-0.4, -0.2) is 43.9 Å². The van der Waals surface area contributed by atoms with Gasteiger partial charge in [0.1, 0.15) is 26.2 Å². The van der Waals surface area contributed by atoms with Crippen LogP contribution in [0.4, 0.5) is 0 Å². The van der Waals surface area contributed by atoms with Gasteiger partial charge in [0.25, 0.3) is 0 Å². The fourth-order valence-electron chi connectivity index (χ4n) is 2.22. The zero-order valence-corrected chi connectivity index (χ0v) is 13.7. The van der Waals surface area contributed by atoms with Gasteiger partial charge in [-0.3, -0.25) is 4.48 Å². The first-order valence-electron chi connectivity index (χ1n) is 6.91. The molecule has 110 valence electrons. The minimum Gasteiger partial charge on any atom is -1.00 e. The third-order valence-electron chi connectivity index (χ3n) is 3.46. The van der Waals surface area contributed by atoms with Crippen molar-refractivity contribution in [3.05, 3.63) is 48.6 Å². The van der Waals surface area contributed by atoms with Gasteiger partial charge < -0.3 is 21.7 Å². The SMILES string of the molecule is C=CC#CC[N+]1(CC#Cc2ccccc2)CCOCC1.[Br-]. The minimum absolute atomic E-state index is 0. The van der Waals surface area contributed by atoms with E-state index in [4.69, 9.17) is 4.74 Å². The maximum atomic E-state index is 5.46. The van der Waals surface area contributed by atoms with Gasteiger partial charge in [-0.25, -0.2) is 0 Å². The molecule has 0 radical (unpaired) electrons. The fourth-order valence-corrected chi connectivity index (χ4v) is 2.22. The molecule has 2 rings (SSSR count). The Kier molecular flexibility index (Phi) is 7.87. The third-order valence-corrected chi connectivity index (χ3v) is 3.46. The van der Waals surface area contributed by atoms with Gasteiger partial charge in [-0.05, 0) is 30.0 Å². The molecule has 2 nitrogen and oxygen atoms in total. The number of quaternary nitrogens is 1. The molecule has 1 fully saturated rings. The highest BCUT2D eigenvalue weighted by atomic mass is 79.9. The monoisotopic (exact) mass is 345 g/mol. The lowest BCUT2D eigenvalue weighted by molar-refractivity contribution is -0.922. The molecule has 0 atom stereocenters. The van der Waals surface area contributed by atoms with E-state index in [2.05, 4.69) is 30.3 Å². The summed E-state index contributed by atoms with van der Waals surface area (Å²) in [5, 5.41) is 0. The molecule has 1 saturated heterocycles. The summed E-state index contributed by atoms with van der Waals surface area (Å²) in [5.74, 6) is 12.7. The normalized spacial score (nSPS) is 15.4. The quantitative estimate of drug-likeness (QED) is 0.497. The molecule has 1 heterocycles. The fraction of sp³-hybridized carbons (Fsp3) is 0.333. The van der Waals surface area contributed by atoms with Crippen molar-refractivity contribution in [3.8, 4) is 23.7 Å². The molecule has 1 aliphatic heterocycles. The zero-order chi connectivity index (χ0) is 14.1. The van der Waals surface area contributed by atoms with E-state index in [-0.39, 0.29) is 17.0 Å². The van der Waals surface area contributed by atoms with Crippen LogP contribution in [0.2, 0.25) is 0 Å². The first-order valence-corrected chi connectivity index (χ1v) is 6.91. The maximum Gasteiger partial charge on any atom is 0.142 e. The van der Waals surface area contributed by atoms with Gasteiger partial charge in [-0.2, -0.15) is 0 Å². The molecule has 1 aromatic carbocycles. The number of hydrogen-bond acceptors (Lipinski definition) is 1. The Labute approximate surface area is 138 Å². The van der Waals surface area contributed by atoms with Gasteiger partial charge in [0, 0.05) is 5.56 Å². The summed E-state index contributed by atoms with van der Waals surface area (Å²) < 4.78 is 6.37. The van der Waals surface area contributed by atoms with Crippen molar-refractivity contribution in [2.75, 3.05) is 39.4 Å². The Morgan fingerprint density at radius 1 is 1.10 bits per heavy atom. The van der Waals surface area contributed by atoms with Crippen LogP contribution in [0.1, 0.15) is 5.56 Å². The predicted molar refractivity (Wildman–Crippen MR) is 81.8 cm³/mol. The van der Waals surface area contributed by atoms with E-state index < -0.39 is 0 Å². The highest BCUT2D eigenvalue weighted by Crippen LogP contribution is 2.10. The van der Waals surface area contributed by atoms with Crippen molar-refractivity contribution < 1.29 is 26.2 Å². The molecule has 0 aromatic heterocycles. The smallest absolute Gasteiger partial charge is 0.142 e. The second-order valence-electron chi connectivity index (χ2n) is 4.91. The molecule has 0 bridgehead atoms. The summed E-state index contributed by atoms with van der Waals surface area (Å²) in [6.07, 6.45) is 1.65. The molecule has 3 heteroatoms. The Morgan fingerprint density at radius 2 is 1.76 bits per heavy atom. The molecule has 0 amide bonds. The van der Waals surface area contributed by atoms with Gasteiger partial charge >= 0.3 is 0 Å². The molecule has 0 N–H and O–H groups in total. The Balaban J connectivity index is 0.00000220. The highest BCUT2D eigenvalue weighted by Gasteiger charge is 2.28. The molecule has 0 unspecified atom stereocenters. The van der Waals surface area contributed by atoms with Crippen LogP contribution in [0.5, 0.6) is 0 Å². The van der Waals surface area contributed by atoms with Crippen LogP contribution in [0, 0.1) is 23.7 Å². The number of ether oxygens (including phenoxy) is 1. The van der Waals surface area contributed by atoms with Crippen LogP contribution < -0.4 is 17.0 Å². The average Bonchev–Trinajstić information content (AvgIpc) is 2.50. The van der Waals surface area contributed by atoms with Crippen molar-refractivity contribution in [2.45, 2.75) is 0 Å². The predicted octanol–water partition coefficient (Wildman–Crippen LogP) is -0.921. The first-order chi connectivity index (χ1) is 9.85. The van der Waals surface area contributed by atoms with Crippen molar-refractivity contribution in [1.82, 2.24) is 0 Å². The van der Waals surface area contributed by atoms with E-state index in [1.165, 1.54) is 0 Å². The molecular formula is C18H20BrNO. The van der Waals surface area contributed by atoms with Gasteiger partial charge in [0.05, 0.1) is 13.2 Å². The van der Waals surface area contributed by atoms with E-state index >= 15 is 0 Å². The molecule has 0 saturated carbocycles. The first kappa shape index (κ1) is 17.5. The van der Waals surface area contributed by atoms with E-state index in [0.29, 0.717) is 0 Å². The topological polar surface area (TPSA) is 9.23 Å². The molecule has 1 aliphatic rings. The van der Waals surface area contributed by atoms with Crippen molar-refractivity contribution in [2.24, 2.45) is 0 Å². The standard InChI is InChI=1S/C18H20NO.BrH/c1-2-3-7-12-19(14-16-20-17-15-19)13-8-11-18-9-5-4-6-10-18;/h2,4-6,9-10H,1,12-17H2;1H/q+1;/p-1. The number of benzene rings is 1. The second-order valence-corrected chi connectivity index (χ2v) is 4.91. The lowest BCUT2D eigenvalue weighted by Crippen LogP contribution is -3.00. The summed E-state index contributed by atoms with van der Waals surface area (Å²) in [6.45, 7) is 8.83. The van der Waals surface area contributed by atoms with E-state index in [0.717, 1.165) is 49.4 Å². The Morgan fingerprint density at radius 3 is 2.43 bits per heavy atom. The summed E-state index contributed by atoms with van der Waals surface area (Å²) in [7, 11) is 0.